The van der Waals surface area contributed by atoms with E-state index in [4.69, 9.17) is 4.79 Å². The minimum atomic E-state index is 1.17. The maximum Gasteiger partial charge on any atom is 0.106 e. The highest BCUT2D eigenvalue weighted by atomic mass is 16.1. The number of benzene rings is 1. The molecule has 1 rings (SSSR count). The number of quaternary nitrogens is 1. The summed E-state index contributed by atoms with van der Waals surface area (Å²) < 4.78 is 1.20. The number of hydrogen-bond donors (Lipinski definition) is 0. The van der Waals surface area contributed by atoms with Gasteiger partial charge in [0.2, 0.25) is 0 Å². The maximum atomic E-state index is 8.00. The second-order valence-corrected chi connectivity index (χ2v) is 3.93. The van der Waals surface area contributed by atoms with Crippen molar-refractivity contribution in [3.8, 4) is 0 Å². The molecule has 0 saturated carbocycles. The van der Waals surface area contributed by atoms with Gasteiger partial charge in [0.15, 0.2) is 0 Å². The molecular formula is C14H24NO+. The fourth-order valence-electron chi connectivity index (χ4n) is 1.98. The summed E-state index contributed by atoms with van der Waals surface area (Å²) in [6.07, 6.45) is 0. The molecular weight excluding hydrogens is 198 g/mol. The summed E-state index contributed by atoms with van der Waals surface area (Å²) >= 11 is 0. The smallest absolute Gasteiger partial charge is 0.106 e. The first kappa shape index (κ1) is 14.8. The van der Waals surface area contributed by atoms with Crippen LogP contribution in [0.15, 0.2) is 30.3 Å². The van der Waals surface area contributed by atoms with Crippen molar-refractivity contribution >= 4 is 6.79 Å². The molecule has 0 N–H and O–H groups in total. The first-order valence-corrected chi connectivity index (χ1v) is 5.94. The highest BCUT2D eigenvalue weighted by molar-refractivity contribution is 5.13. The van der Waals surface area contributed by atoms with Crippen LogP contribution in [0, 0.1) is 0 Å². The molecule has 0 heterocycles. The van der Waals surface area contributed by atoms with Gasteiger partial charge in [-0.1, -0.05) is 30.3 Å². The van der Waals surface area contributed by atoms with Gasteiger partial charge in [-0.25, -0.2) is 0 Å². The molecule has 0 aliphatic heterocycles. The van der Waals surface area contributed by atoms with Crippen molar-refractivity contribution in [1.29, 1.82) is 0 Å². The Morgan fingerprint density at radius 3 is 1.75 bits per heavy atom. The molecule has 0 unspecified atom stereocenters. The molecule has 2 heteroatoms. The second-order valence-electron chi connectivity index (χ2n) is 3.93. The van der Waals surface area contributed by atoms with Crippen LogP contribution in [0.5, 0.6) is 0 Å². The SMILES string of the molecule is C=O.CC[N+](CC)(CC)Cc1ccccc1. The Labute approximate surface area is 99.5 Å². The van der Waals surface area contributed by atoms with Gasteiger partial charge < -0.3 is 9.28 Å². The highest BCUT2D eigenvalue weighted by Crippen LogP contribution is 2.13. The maximum absolute atomic E-state index is 8.00. The van der Waals surface area contributed by atoms with E-state index in [2.05, 4.69) is 51.1 Å². The van der Waals surface area contributed by atoms with E-state index in [0.717, 1.165) is 0 Å². The highest BCUT2D eigenvalue weighted by Gasteiger charge is 2.20. The number of carbonyl (C=O) groups excluding carboxylic acids is 1. The van der Waals surface area contributed by atoms with Crippen LogP contribution in [0.25, 0.3) is 0 Å². The van der Waals surface area contributed by atoms with Crippen LogP contribution in [0.2, 0.25) is 0 Å². The van der Waals surface area contributed by atoms with Crippen LogP contribution in [0.1, 0.15) is 26.3 Å². The molecule has 0 aliphatic carbocycles. The first-order valence-electron chi connectivity index (χ1n) is 5.94. The van der Waals surface area contributed by atoms with Crippen molar-refractivity contribution in [3.63, 3.8) is 0 Å². The van der Waals surface area contributed by atoms with E-state index in [1.807, 2.05) is 6.79 Å². The lowest BCUT2D eigenvalue weighted by Crippen LogP contribution is -2.46. The molecule has 1 aromatic rings. The molecule has 16 heavy (non-hydrogen) atoms. The third kappa shape index (κ3) is 4.15. The van der Waals surface area contributed by atoms with Gasteiger partial charge in [-0.2, -0.15) is 0 Å². The third-order valence-corrected chi connectivity index (χ3v) is 3.37. The van der Waals surface area contributed by atoms with Crippen molar-refractivity contribution in [2.75, 3.05) is 19.6 Å². The summed E-state index contributed by atoms with van der Waals surface area (Å²) in [5.41, 5.74) is 1.46. The number of hydrogen-bond acceptors (Lipinski definition) is 1. The molecule has 0 atom stereocenters. The number of nitrogens with zero attached hydrogens (tertiary/aromatic N) is 1. The fraction of sp³-hybridized carbons (Fsp3) is 0.500. The van der Waals surface area contributed by atoms with Gasteiger partial charge in [0.1, 0.15) is 13.3 Å². The quantitative estimate of drug-likeness (QED) is 0.700. The summed E-state index contributed by atoms with van der Waals surface area (Å²) in [4.78, 5) is 8.00. The summed E-state index contributed by atoms with van der Waals surface area (Å²) in [5.74, 6) is 0. The molecule has 0 bridgehead atoms. The van der Waals surface area contributed by atoms with Crippen molar-refractivity contribution in [2.45, 2.75) is 27.3 Å². The molecule has 2 nitrogen and oxygen atoms in total. The minimum Gasteiger partial charge on any atom is -0.321 e. The molecule has 0 amide bonds. The molecule has 0 radical (unpaired) electrons. The Kier molecular flexibility index (Phi) is 7.48. The topological polar surface area (TPSA) is 17.1 Å². The first-order chi connectivity index (χ1) is 7.76. The van der Waals surface area contributed by atoms with Crippen molar-refractivity contribution in [1.82, 2.24) is 0 Å². The minimum absolute atomic E-state index is 1.17. The lowest BCUT2D eigenvalue weighted by molar-refractivity contribution is -0.936. The summed E-state index contributed by atoms with van der Waals surface area (Å²) in [6, 6.07) is 10.8. The average molecular weight is 222 g/mol. The van der Waals surface area contributed by atoms with E-state index in [1.165, 1.54) is 36.2 Å². The fourth-order valence-corrected chi connectivity index (χ4v) is 1.98. The number of rotatable bonds is 5. The average Bonchev–Trinajstić information content (AvgIpc) is 2.40. The normalized spacial score (nSPS) is 10.4. The molecule has 0 aliphatic rings. The Hall–Kier alpha value is -1.15. The van der Waals surface area contributed by atoms with Crippen molar-refractivity contribution in [2.24, 2.45) is 0 Å². The van der Waals surface area contributed by atoms with Crippen molar-refractivity contribution in [3.05, 3.63) is 35.9 Å². The Morgan fingerprint density at radius 2 is 1.38 bits per heavy atom. The van der Waals surface area contributed by atoms with Gasteiger partial charge in [0.25, 0.3) is 0 Å². The van der Waals surface area contributed by atoms with E-state index < -0.39 is 0 Å². The van der Waals surface area contributed by atoms with E-state index in [1.54, 1.807) is 0 Å². The predicted octanol–water partition coefficient (Wildman–Crippen LogP) is 2.88. The molecule has 90 valence electrons. The lowest BCUT2D eigenvalue weighted by atomic mass is 10.2. The summed E-state index contributed by atoms with van der Waals surface area (Å²) in [6.45, 7) is 13.7. The number of carbonyl (C=O) groups is 1. The zero-order valence-corrected chi connectivity index (χ0v) is 10.8. The molecule has 0 aromatic heterocycles. The van der Waals surface area contributed by atoms with E-state index in [9.17, 15) is 0 Å². The Bertz CT molecular complexity index is 259. The third-order valence-electron chi connectivity index (χ3n) is 3.37. The van der Waals surface area contributed by atoms with Crippen LogP contribution in [-0.4, -0.2) is 30.9 Å². The van der Waals surface area contributed by atoms with Crippen LogP contribution >= 0.6 is 0 Å². The predicted molar refractivity (Wildman–Crippen MR) is 69.2 cm³/mol. The van der Waals surface area contributed by atoms with Gasteiger partial charge in [0.05, 0.1) is 19.6 Å². The Balaban J connectivity index is 0.00000106. The summed E-state index contributed by atoms with van der Waals surface area (Å²) in [5, 5.41) is 0. The van der Waals surface area contributed by atoms with Gasteiger partial charge >= 0.3 is 0 Å². The van der Waals surface area contributed by atoms with Crippen LogP contribution in [-0.2, 0) is 11.3 Å². The zero-order valence-electron chi connectivity index (χ0n) is 10.8. The molecule has 0 spiro atoms. The molecule has 0 fully saturated rings. The molecule has 0 saturated heterocycles. The molecule has 1 aromatic carbocycles. The van der Waals surface area contributed by atoms with Crippen LogP contribution < -0.4 is 0 Å². The monoisotopic (exact) mass is 222 g/mol. The zero-order chi connectivity index (χ0) is 12.4. The van der Waals surface area contributed by atoms with Crippen molar-refractivity contribution < 1.29 is 9.28 Å². The van der Waals surface area contributed by atoms with E-state index in [0.29, 0.717) is 0 Å². The Morgan fingerprint density at radius 1 is 0.938 bits per heavy atom. The standard InChI is InChI=1S/C13H22N.CH2O/c1-4-14(5-2,6-3)12-13-10-8-7-9-11-13;1-2/h7-11H,4-6,12H2,1-3H3;1H2/q+1;. The summed E-state index contributed by atoms with van der Waals surface area (Å²) in [7, 11) is 0. The largest absolute Gasteiger partial charge is 0.321 e. The van der Waals surface area contributed by atoms with Crippen LogP contribution in [0.4, 0.5) is 0 Å². The van der Waals surface area contributed by atoms with Gasteiger partial charge in [-0.15, -0.1) is 0 Å². The lowest BCUT2D eigenvalue weighted by Gasteiger charge is -2.35. The van der Waals surface area contributed by atoms with Gasteiger partial charge in [-0.05, 0) is 20.8 Å². The van der Waals surface area contributed by atoms with Gasteiger partial charge in [-0.3, -0.25) is 0 Å². The van der Waals surface area contributed by atoms with Crippen LogP contribution in [0.3, 0.4) is 0 Å². The van der Waals surface area contributed by atoms with Gasteiger partial charge in [0, 0.05) is 5.56 Å². The van der Waals surface area contributed by atoms with E-state index >= 15 is 0 Å². The van der Waals surface area contributed by atoms with E-state index in [-0.39, 0.29) is 0 Å². The second kappa shape index (κ2) is 8.05.